The van der Waals surface area contributed by atoms with E-state index in [4.69, 9.17) is 23.2 Å². The number of likely N-dealkylation sites (N-methyl/N-ethyl adjacent to an activating group) is 2. The van der Waals surface area contributed by atoms with Gasteiger partial charge in [-0.3, -0.25) is 19.2 Å². The molecule has 4 amide bonds. The molecule has 4 aromatic rings. The Kier molecular flexibility index (Phi) is 9.11. The third-order valence-corrected chi connectivity index (χ3v) is 9.37. The molecule has 0 unspecified atom stereocenters. The SMILES string of the molecule is Cc1c(NC(=O)c2ccnc(Cl)c2)ccc2c1N(C)C(=O)C2(C)C.Cc1ccc(C(=O)Nc2ccc3c(c2)N(C)C(=O)C3(C)C)c(Cl)n1. The summed E-state index contributed by atoms with van der Waals surface area (Å²) >= 11 is 11.9. The molecule has 0 bridgehead atoms. The number of carbonyl (C=O) groups is 4. The van der Waals surface area contributed by atoms with Crippen molar-refractivity contribution in [2.75, 3.05) is 34.5 Å². The van der Waals surface area contributed by atoms with Gasteiger partial charge in [0.25, 0.3) is 11.8 Å². The summed E-state index contributed by atoms with van der Waals surface area (Å²) in [5, 5.41) is 6.13. The number of halogens is 2. The molecule has 0 fully saturated rings. The number of aromatic nitrogens is 2. The minimum Gasteiger partial charge on any atom is -0.322 e. The number of carbonyl (C=O) groups excluding carboxylic acids is 4. The lowest BCUT2D eigenvalue weighted by molar-refractivity contribution is -0.122. The highest BCUT2D eigenvalue weighted by atomic mass is 35.5. The Bertz CT molecular complexity index is 2010. The van der Waals surface area contributed by atoms with Crippen molar-refractivity contribution in [3.05, 3.63) is 105 Å². The summed E-state index contributed by atoms with van der Waals surface area (Å²) in [5.41, 5.74) is 6.09. The average Bonchev–Trinajstić information content (AvgIpc) is 3.31. The lowest BCUT2D eigenvalue weighted by Crippen LogP contribution is -2.33. The molecule has 6 rings (SSSR count). The van der Waals surface area contributed by atoms with Crippen LogP contribution in [0.15, 0.2) is 60.8 Å². The number of amides is 4. The lowest BCUT2D eigenvalue weighted by atomic mass is 9.85. The number of fused-ring (bicyclic) bond motifs is 2. The van der Waals surface area contributed by atoms with Crippen LogP contribution in [0.3, 0.4) is 0 Å². The van der Waals surface area contributed by atoms with E-state index in [-0.39, 0.29) is 33.9 Å². The molecule has 2 aromatic carbocycles. The molecular weight excluding hydrogens is 651 g/mol. The molecule has 2 aliphatic heterocycles. The van der Waals surface area contributed by atoms with Crippen molar-refractivity contribution in [3.63, 3.8) is 0 Å². The molecule has 12 heteroatoms. The number of benzene rings is 2. The van der Waals surface area contributed by atoms with E-state index in [1.165, 1.54) is 12.3 Å². The number of anilines is 4. The lowest BCUT2D eigenvalue weighted by Gasteiger charge is -2.17. The van der Waals surface area contributed by atoms with Crippen molar-refractivity contribution < 1.29 is 19.2 Å². The largest absolute Gasteiger partial charge is 0.322 e. The molecule has 0 saturated heterocycles. The number of rotatable bonds is 4. The van der Waals surface area contributed by atoms with Crippen molar-refractivity contribution in [1.82, 2.24) is 9.97 Å². The number of hydrogen-bond donors (Lipinski definition) is 2. The van der Waals surface area contributed by atoms with Crippen molar-refractivity contribution in [2.24, 2.45) is 0 Å². The van der Waals surface area contributed by atoms with Gasteiger partial charge in [0, 0.05) is 48.6 Å². The van der Waals surface area contributed by atoms with Gasteiger partial charge >= 0.3 is 0 Å². The summed E-state index contributed by atoms with van der Waals surface area (Å²) in [6.07, 6.45) is 1.49. The van der Waals surface area contributed by atoms with E-state index in [1.807, 2.05) is 59.7 Å². The zero-order valence-corrected chi connectivity index (χ0v) is 29.5. The second kappa shape index (κ2) is 12.7. The first kappa shape index (κ1) is 34.5. The van der Waals surface area contributed by atoms with Gasteiger partial charge in [-0.05, 0) is 101 Å². The summed E-state index contributed by atoms with van der Waals surface area (Å²) in [5.74, 6) is -0.524. The molecule has 48 heavy (non-hydrogen) atoms. The summed E-state index contributed by atoms with van der Waals surface area (Å²) in [6.45, 7) is 11.3. The van der Waals surface area contributed by atoms with Crippen LogP contribution in [0.5, 0.6) is 0 Å². The number of aryl methyl sites for hydroxylation is 1. The van der Waals surface area contributed by atoms with Gasteiger partial charge in [-0.2, -0.15) is 0 Å². The summed E-state index contributed by atoms with van der Waals surface area (Å²) in [7, 11) is 3.50. The number of hydrogen-bond acceptors (Lipinski definition) is 6. The minimum atomic E-state index is -0.560. The van der Waals surface area contributed by atoms with Gasteiger partial charge in [0.05, 0.1) is 22.1 Å². The summed E-state index contributed by atoms with van der Waals surface area (Å²) in [6, 6.07) is 15.7. The van der Waals surface area contributed by atoms with E-state index >= 15 is 0 Å². The Morgan fingerprint density at radius 3 is 2.08 bits per heavy atom. The highest BCUT2D eigenvalue weighted by Crippen LogP contribution is 2.45. The maximum absolute atomic E-state index is 12.4. The smallest absolute Gasteiger partial charge is 0.258 e. The maximum atomic E-state index is 12.4. The second-order valence-electron chi connectivity index (χ2n) is 12.9. The van der Waals surface area contributed by atoms with Gasteiger partial charge in [-0.1, -0.05) is 35.3 Å². The molecule has 0 atom stereocenters. The molecule has 2 N–H and O–H groups in total. The van der Waals surface area contributed by atoms with E-state index in [0.29, 0.717) is 22.5 Å². The van der Waals surface area contributed by atoms with Gasteiger partial charge in [-0.15, -0.1) is 0 Å². The van der Waals surface area contributed by atoms with Crippen LogP contribution in [0.25, 0.3) is 0 Å². The zero-order chi connectivity index (χ0) is 35.3. The maximum Gasteiger partial charge on any atom is 0.258 e. The summed E-state index contributed by atoms with van der Waals surface area (Å²) < 4.78 is 0. The minimum absolute atomic E-state index is 0.0340. The van der Waals surface area contributed by atoms with E-state index in [2.05, 4.69) is 20.6 Å². The van der Waals surface area contributed by atoms with Gasteiger partial charge in [0.15, 0.2) is 0 Å². The Morgan fingerprint density at radius 2 is 1.42 bits per heavy atom. The van der Waals surface area contributed by atoms with Crippen LogP contribution in [-0.4, -0.2) is 47.7 Å². The van der Waals surface area contributed by atoms with Gasteiger partial charge in [0.1, 0.15) is 10.3 Å². The number of pyridine rings is 2. The van der Waals surface area contributed by atoms with Crippen molar-refractivity contribution in [3.8, 4) is 0 Å². The van der Waals surface area contributed by atoms with Gasteiger partial charge in [-0.25, -0.2) is 9.97 Å². The Balaban J connectivity index is 0.000000188. The van der Waals surface area contributed by atoms with Crippen molar-refractivity contribution >= 4 is 69.6 Å². The third-order valence-electron chi connectivity index (χ3n) is 8.88. The zero-order valence-electron chi connectivity index (χ0n) is 28.0. The molecule has 248 valence electrons. The van der Waals surface area contributed by atoms with Gasteiger partial charge in [0.2, 0.25) is 11.8 Å². The molecule has 2 aromatic heterocycles. The van der Waals surface area contributed by atoms with E-state index < -0.39 is 10.8 Å². The monoisotopic (exact) mass is 686 g/mol. The molecule has 2 aliphatic rings. The molecule has 0 aliphatic carbocycles. The molecule has 10 nitrogen and oxygen atoms in total. The van der Waals surface area contributed by atoms with Crippen LogP contribution in [0.4, 0.5) is 22.7 Å². The van der Waals surface area contributed by atoms with Crippen molar-refractivity contribution in [2.45, 2.75) is 52.4 Å². The normalized spacial score (nSPS) is 15.4. The van der Waals surface area contributed by atoms with E-state index in [9.17, 15) is 19.2 Å². The molecule has 0 saturated carbocycles. The predicted octanol–water partition coefficient (Wildman–Crippen LogP) is 7.10. The quantitative estimate of drug-likeness (QED) is 0.221. The highest BCUT2D eigenvalue weighted by Gasteiger charge is 2.44. The average molecular weight is 688 g/mol. The first-order valence-corrected chi connectivity index (χ1v) is 15.9. The fraction of sp³-hybridized carbons (Fsp3) is 0.278. The summed E-state index contributed by atoms with van der Waals surface area (Å²) in [4.78, 5) is 60.8. The van der Waals surface area contributed by atoms with Crippen LogP contribution in [-0.2, 0) is 20.4 Å². The fourth-order valence-electron chi connectivity index (χ4n) is 6.10. The Labute approximate surface area is 289 Å². The Morgan fingerprint density at radius 1 is 0.771 bits per heavy atom. The van der Waals surface area contributed by atoms with Crippen LogP contribution >= 0.6 is 23.2 Å². The van der Waals surface area contributed by atoms with Crippen LogP contribution < -0.4 is 20.4 Å². The molecular formula is C36H36Cl2N6O4. The Hall–Kier alpha value is -4.80. The predicted molar refractivity (Wildman–Crippen MR) is 190 cm³/mol. The van der Waals surface area contributed by atoms with E-state index in [0.717, 1.165) is 33.8 Å². The topological polar surface area (TPSA) is 125 Å². The number of nitrogens with one attached hydrogen (secondary N) is 2. The van der Waals surface area contributed by atoms with Crippen LogP contribution in [0.2, 0.25) is 10.3 Å². The second-order valence-corrected chi connectivity index (χ2v) is 13.7. The fourth-order valence-corrected chi connectivity index (χ4v) is 6.55. The first-order chi connectivity index (χ1) is 22.4. The first-order valence-electron chi connectivity index (χ1n) is 15.2. The highest BCUT2D eigenvalue weighted by molar-refractivity contribution is 6.33. The van der Waals surface area contributed by atoms with Crippen LogP contribution in [0, 0.1) is 13.8 Å². The van der Waals surface area contributed by atoms with Crippen LogP contribution in [0.1, 0.15) is 70.8 Å². The number of nitrogens with zero attached hydrogens (tertiary/aromatic N) is 4. The van der Waals surface area contributed by atoms with Gasteiger partial charge < -0.3 is 20.4 Å². The third kappa shape index (κ3) is 6.13. The molecule has 4 heterocycles. The molecule has 0 spiro atoms. The standard InChI is InChI=1S/2C18H18ClN3O2/c1-10-5-7-12(15(19)20-10)16(23)21-11-6-8-13-14(9-11)22(4)17(24)18(13,2)3;1-10-13(21-16(23)11-7-8-20-14(19)9-11)6-5-12-15(10)22(4)17(24)18(12,2)3/h2*5-9H,1-4H3,(H,21,23). The molecule has 0 radical (unpaired) electrons. The van der Waals surface area contributed by atoms with E-state index in [1.54, 1.807) is 54.2 Å². The van der Waals surface area contributed by atoms with Crippen molar-refractivity contribution in [1.29, 1.82) is 0 Å².